The summed E-state index contributed by atoms with van der Waals surface area (Å²) in [5.41, 5.74) is 7.88. The van der Waals surface area contributed by atoms with Gasteiger partial charge in [-0.2, -0.15) is 4.98 Å². The van der Waals surface area contributed by atoms with Crippen LogP contribution in [0, 0.1) is 0 Å². The summed E-state index contributed by atoms with van der Waals surface area (Å²) in [5.74, 6) is 1.79. The number of nitrogens with one attached hydrogen (secondary N) is 2. The number of likely N-dealkylation sites (N-methyl/N-ethyl adjacent to an activating group) is 1. The number of hydrogen-bond acceptors (Lipinski definition) is 9. The largest absolute Gasteiger partial charge is 0.494 e. The van der Waals surface area contributed by atoms with Gasteiger partial charge in [0.25, 0.3) is 0 Å². The van der Waals surface area contributed by atoms with Gasteiger partial charge in [-0.25, -0.2) is 4.98 Å². The van der Waals surface area contributed by atoms with Crippen molar-refractivity contribution >= 4 is 69.0 Å². The highest BCUT2D eigenvalue weighted by Crippen LogP contribution is 2.42. The maximum atomic E-state index is 5.80. The zero-order valence-corrected chi connectivity index (χ0v) is 25.1. The first-order chi connectivity index (χ1) is 19.4. The summed E-state index contributed by atoms with van der Waals surface area (Å²) in [4.78, 5) is 25.3. The van der Waals surface area contributed by atoms with Crippen molar-refractivity contribution in [1.29, 1.82) is 0 Å². The highest BCUT2D eigenvalue weighted by atomic mass is 79.9. The molecule has 0 unspecified atom stereocenters. The number of nitrogens with zero attached hydrogens (tertiary/aromatic N) is 6. The van der Waals surface area contributed by atoms with E-state index in [1.165, 1.54) is 0 Å². The van der Waals surface area contributed by atoms with E-state index < -0.39 is 7.92 Å². The molecule has 2 aromatic carbocycles. The van der Waals surface area contributed by atoms with Crippen LogP contribution in [0.15, 0.2) is 65.7 Å². The minimum atomic E-state index is -0.473. The summed E-state index contributed by atoms with van der Waals surface area (Å²) < 4.78 is 6.54. The Morgan fingerprint density at radius 3 is 2.62 bits per heavy atom. The zero-order chi connectivity index (χ0) is 27.8. The number of aromatic nitrogens is 5. The van der Waals surface area contributed by atoms with Gasteiger partial charge in [0.05, 0.1) is 28.3 Å². The van der Waals surface area contributed by atoms with Crippen LogP contribution in [0.4, 0.5) is 28.8 Å². The average Bonchev–Trinajstić information content (AvgIpc) is 3.10. The number of fused-ring (bicyclic) bond motifs is 4. The Hall–Kier alpha value is -3.88. The third kappa shape index (κ3) is 4.93. The molecule has 3 aromatic heterocycles. The summed E-state index contributed by atoms with van der Waals surface area (Å²) in [6.45, 7) is 5.29. The lowest BCUT2D eigenvalue weighted by atomic mass is 10.0. The summed E-state index contributed by atoms with van der Waals surface area (Å²) in [6, 6.07) is 12.3. The molecule has 4 heterocycles. The number of halogens is 1. The lowest BCUT2D eigenvalue weighted by molar-refractivity contribution is 0.417. The Morgan fingerprint density at radius 2 is 1.80 bits per heavy atom. The van der Waals surface area contributed by atoms with E-state index in [0.717, 1.165) is 67.7 Å². The lowest BCUT2D eigenvalue weighted by Crippen LogP contribution is -2.19. The first-order valence-electron chi connectivity index (χ1n) is 12.8. The Balaban J connectivity index is 1.38. The molecule has 0 saturated heterocycles. The van der Waals surface area contributed by atoms with E-state index in [0.29, 0.717) is 17.5 Å². The first kappa shape index (κ1) is 26.3. The number of ether oxygens (including phenoxy) is 1. The van der Waals surface area contributed by atoms with Gasteiger partial charge in [0.15, 0.2) is 0 Å². The molecule has 9 nitrogen and oxygen atoms in total. The first-order valence-corrected chi connectivity index (χ1v) is 15.8. The van der Waals surface area contributed by atoms with Crippen molar-refractivity contribution in [3.05, 3.63) is 71.4 Å². The molecule has 2 N–H and O–H groups in total. The van der Waals surface area contributed by atoms with E-state index in [4.69, 9.17) is 9.72 Å². The van der Waals surface area contributed by atoms with Gasteiger partial charge >= 0.3 is 0 Å². The van der Waals surface area contributed by atoms with Crippen LogP contribution in [0.25, 0.3) is 22.2 Å². The van der Waals surface area contributed by atoms with E-state index in [2.05, 4.69) is 90.0 Å². The SMILES string of the molecule is COc1cc2c(cc1Nc1ncc(Br)c(Nc3ccc4nccnc4c3P(C)C)n1)-c1cccnc1CCN2C. The fraction of sp³-hybridized carbons (Fsp3) is 0.207. The molecule has 11 heteroatoms. The minimum Gasteiger partial charge on any atom is -0.494 e. The third-order valence-electron chi connectivity index (χ3n) is 6.90. The normalized spacial score (nSPS) is 12.6. The second-order valence-electron chi connectivity index (χ2n) is 9.66. The van der Waals surface area contributed by atoms with Crippen molar-refractivity contribution in [3.63, 3.8) is 0 Å². The van der Waals surface area contributed by atoms with Crippen molar-refractivity contribution < 1.29 is 4.74 Å². The minimum absolute atomic E-state index is 0.440. The average molecular weight is 615 g/mol. The second-order valence-corrected chi connectivity index (χ2v) is 12.7. The van der Waals surface area contributed by atoms with E-state index in [9.17, 15) is 0 Å². The van der Waals surface area contributed by atoms with Crippen LogP contribution < -0.4 is 25.6 Å². The van der Waals surface area contributed by atoms with Gasteiger partial charge in [0, 0.05) is 84.4 Å². The zero-order valence-electron chi connectivity index (χ0n) is 22.6. The van der Waals surface area contributed by atoms with Gasteiger partial charge in [-0.15, -0.1) is 0 Å². The van der Waals surface area contributed by atoms with Crippen molar-refractivity contribution in [1.82, 2.24) is 24.9 Å². The van der Waals surface area contributed by atoms with Crippen LogP contribution in [0.5, 0.6) is 5.75 Å². The van der Waals surface area contributed by atoms with Crippen molar-refractivity contribution in [3.8, 4) is 16.9 Å². The van der Waals surface area contributed by atoms with Gasteiger partial charge in [-0.05, 0) is 53.5 Å². The van der Waals surface area contributed by atoms with E-state index in [1.54, 1.807) is 25.7 Å². The molecule has 202 valence electrons. The highest BCUT2D eigenvalue weighted by molar-refractivity contribution is 9.10. The quantitative estimate of drug-likeness (QED) is 0.220. The third-order valence-corrected chi connectivity index (χ3v) is 8.83. The smallest absolute Gasteiger partial charge is 0.229 e. The number of methoxy groups -OCH3 is 1. The van der Waals surface area contributed by atoms with Gasteiger partial charge in [0.1, 0.15) is 11.6 Å². The second kappa shape index (κ2) is 10.9. The molecule has 0 bridgehead atoms. The molecule has 6 rings (SSSR count). The fourth-order valence-corrected chi connectivity index (χ4v) is 6.48. The number of hydrogen-bond donors (Lipinski definition) is 2. The standard InChI is InChI=1S/C29H28BrN8OP/c1-38-13-9-20-17(6-5-10-31-20)18-14-23(25(39-2)15-24(18)38)36-29-34-16-19(30)28(37-29)35-22-8-7-21-26(27(22)40(3)4)33-12-11-32-21/h5-8,10-12,14-16H,9,13H2,1-4H3,(H2,34,35,36,37). The van der Waals surface area contributed by atoms with Gasteiger partial charge < -0.3 is 20.3 Å². The van der Waals surface area contributed by atoms with Crippen LogP contribution in [-0.2, 0) is 6.42 Å². The number of pyridine rings is 1. The summed E-state index contributed by atoms with van der Waals surface area (Å²) in [7, 11) is 3.30. The molecule has 1 aliphatic heterocycles. The van der Waals surface area contributed by atoms with Crippen molar-refractivity contribution in [2.45, 2.75) is 6.42 Å². The van der Waals surface area contributed by atoms with Gasteiger partial charge in [0.2, 0.25) is 5.95 Å². The monoisotopic (exact) mass is 614 g/mol. The Bertz CT molecular complexity index is 1730. The predicted molar refractivity (Wildman–Crippen MR) is 167 cm³/mol. The fourth-order valence-electron chi connectivity index (χ4n) is 4.98. The van der Waals surface area contributed by atoms with Crippen LogP contribution in [0.3, 0.4) is 0 Å². The molecule has 0 atom stereocenters. The Kier molecular flexibility index (Phi) is 7.21. The van der Waals surface area contributed by atoms with E-state index in [1.807, 2.05) is 24.4 Å². The molecular formula is C29H28BrN8OP. The highest BCUT2D eigenvalue weighted by Gasteiger charge is 2.22. The lowest BCUT2D eigenvalue weighted by Gasteiger charge is -2.22. The summed E-state index contributed by atoms with van der Waals surface area (Å²) in [6.07, 6.45) is 7.91. The Morgan fingerprint density at radius 1 is 0.950 bits per heavy atom. The van der Waals surface area contributed by atoms with E-state index in [-0.39, 0.29) is 0 Å². The topological polar surface area (TPSA) is 101 Å². The maximum Gasteiger partial charge on any atom is 0.229 e. The molecular weight excluding hydrogens is 587 g/mol. The van der Waals surface area contributed by atoms with Gasteiger partial charge in [-0.3, -0.25) is 15.0 Å². The number of rotatable bonds is 6. The molecule has 0 amide bonds. The van der Waals surface area contributed by atoms with Crippen molar-refractivity contribution in [2.24, 2.45) is 0 Å². The molecule has 1 aliphatic rings. The van der Waals surface area contributed by atoms with Crippen molar-refractivity contribution in [2.75, 3.05) is 49.6 Å². The molecule has 40 heavy (non-hydrogen) atoms. The molecule has 0 saturated carbocycles. The van der Waals surface area contributed by atoms with Crippen LogP contribution in [0.2, 0.25) is 0 Å². The molecule has 5 aromatic rings. The number of benzene rings is 2. The molecule has 0 fully saturated rings. The van der Waals surface area contributed by atoms with Crippen LogP contribution in [0.1, 0.15) is 5.69 Å². The number of anilines is 5. The van der Waals surface area contributed by atoms with Crippen LogP contribution in [-0.4, -0.2) is 59.0 Å². The van der Waals surface area contributed by atoms with Gasteiger partial charge in [-0.1, -0.05) is 14.0 Å². The summed E-state index contributed by atoms with van der Waals surface area (Å²) >= 11 is 3.62. The predicted octanol–water partition coefficient (Wildman–Crippen LogP) is 6.10. The Labute approximate surface area is 242 Å². The molecule has 0 aliphatic carbocycles. The molecule has 0 radical (unpaired) electrons. The molecule has 0 spiro atoms. The van der Waals surface area contributed by atoms with Crippen LogP contribution >= 0.6 is 23.9 Å². The van der Waals surface area contributed by atoms with E-state index >= 15 is 0 Å². The summed E-state index contributed by atoms with van der Waals surface area (Å²) in [5, 5.41) is 8.05. The maximum absolute atomic E-state index is 5.80.